The Morgan fingerprint density at radius 3 is 2.19 bits per heavy atom. The fraction of sp³-hybridized carbons (Fsp3) is 0.375. The monoisotopic (exact) mass is 703 g/mol. The van der Waals surface area contributed by atoms with Gasteiger partial charge in [0.15, 0.2) is 0 Å². The Hall–Kier alpha value is -3.12. The fourth-order valence-electron chi connectivity index (χ4n) is 5.25. The Morgan fingerprint density at radius 2 is 1.60 bits per heavy atom. The van der Waals surface area contributed by atoms with E-state index >= 15 is 0 Å². The lowest BCUT2D eigenvalue weighted by atomic mass is 9.95. The van der Waals surface area contributed by atoms with Crippen LogP contribution >= 0.6 is 22.6 Å². The summed E-state index contributed by atoms with van der Waals surface area (Å²) >= 11 is 2.15. The van der Waals surface area contributed by atoms with E-state index in [1.54, 1.807) is 61.7 Å². The SMILES string of the molecule is CCC(C(=O)NC1CCCCC1)N(Cc1ccc(OC)cc1)C(=O)CN(c1ccc(I)cc1)S(=O)(=O)c1ccccc1. The quantitative estimate of drug-likeness (QED) is 0.243. The van der Waals surface area contributed by atoms with Gasteiger partial charge in [-0.2, -0.15) is 0 Å². The standard InChI is InChI=1S/C32H38IN3O5S/c1-3-30(32(38)34-26-10-6-4-7-11-26)35(22-24-14-20-28(41-2)21-15-24)31(37)23-36(27-18-16-25(33)17-19-27)42(39,40)29-12-8-5-9-13-29/h5,8-9,12-21,26,30H,3-4,6-7,10-11,22-23H2,1-2H3,(H,34,38). The van der Waals surface area contributed by atoms with Crippen molar-refractivity contribution in [3.05, 3.63) is 88.0 Å². The van der Waals surface area contributed by atoms with E-state index in [4.69, 9.17) is 4.74 Å². The zero-order valence-corrected chi connectivity index (χ0v) is 27.0. The molecule has 1 aliphatic carbocycles. The molecule has 1 unspecified atom stereocenters. The molecule has 2 amide bonds. The van der Waals surface area contributed by atoms with Gasteiger partial charge in [0, 0.05) is 16.2 Å². The first-order valence-corrected chi connectivity index (χ1v) is 16.8. The summed E-state index contributed by atoms with van der Waals surface area (Å²) < 4.78 is 35.2. The number of amides is 2. The first-order chi connectivity index (χ1) is 20.2. The summed E-state index contributed by atoms with van der Waals surface area (Å²) in [4.78, 5) is 29.4. The Kier molecular flexibility index (Phi) is 11.3. The van der Waals surface area contributed by atoms with E-state index in [0.29, 0.717) is 17.9 Å². The van der Waals surface area contributed by atoms with Crippen molar-refractivity contribution in [2.75, 3.05) is 18.0 Å². The molecule has 1 fully saturated rings. The molecule has 8 nitrogen and oxygen atoms in total. The van der Waals surface area contributed by atoms with Crippen LogP contribution in [0.5, 0.6) is 5.75 Å². The Labute approximate surface area is 262 Å². The van der Waals surface area contributed by atoms with E-state index in [0.717, 1.165) is 45.5 Å². The topological polar surface area (TPSA) is 96.0 Å². The summed E-state index contributed by atoms with van der Waals surface area (Å²) in [6, 6.07) is 21.7. The predicted molar refractivity (Wildman–Crippen MR) is 173 cm³/mol. The number of sulfonamides is 1. The second-order valence-electron chi connectivity index (χ2n) is 10.4. The molecular weight excluding hydrogens is 665 g/mol. The number of carbonyl (C=O) groups is 2. The van der Waals surface area contributed by atoms with Crippen LogP contribution < -0.4 is 14.4 Å². The molecule has 1 atom stereocenters. The first kappa shape index (κ1) is 31.8. The van der Waals surface area contributed by atoms with Crippen molar-refractivity contribution in [2.24, 2.45) is 0 Å². The van der Waals surface area contributed by atoms with Gasteiger partial charge in [-0.25, -0.2) is 8.42 Å². The zero-order chi connectivity index (χ0) is 30.1. The smallest absolute Gasteiger partial charge is 0.264 e. The summed E-state index contributed by atoms with van der Waals surface area (Å²) in [7, 11) is -2.50. The molecule has 3 aromatic rings. The van der Waals surface area contributed by atoms with Crippen molar-refractivity contribution < 1.29 is 22.7 Å². The fourth-order valence-corrected chi connectivity index (χ4v) is 7.04. The molecule has 0 saturated heterocycles. The number of nitrogens with zero attached hydrogens (tertiary/aromatic N) is 2. The van der Waals surface area contributed by atoms with Crippen LogP contribution in [0.1, 0.15) is 51.0 Å². The van der Waals surface area contributed by atoms with Crippen molar-refractivity contribution in [1.29, 1.82) is 0 Å². The lowest BCUT2D eigenvalue weighted by Gasteiger charge is -2.34. The van der Waals surface area contributed by atoms with Crippen LogP contribution in [0.3, 0.4) is 0 Å². The van der Waals surface area contributed by atoms with Crippen molar-refractivity contribution >= 4 is 50.1 Å². The number of hydrogen-bond donors (Lipinski definition) is 1. The average molecular weight is 704 g/mol. The molecule has 3 aromatic carbocycles. The minimum absolute atomic E-state index is 0.0833. The van der Waals surface area contributed by atoms with Gasteiger partial charge in [-0.15, -0.1) is 0 Å². The molecule has 0 heterocycles. The maximum atomic E-state index is 14.2. The molecular formula is C32H38IN3O5S. The van der Waals surface area contributed by atoms with Gasteiger partial charge >= 0.3 is 0 Å². The third-order valence-corrected chi connectivity index (χ3v) is 10.1. The van der Waals surface area contributed by atoms with Gasteiger partial charge in [-0.1, -0.05) is 56.5 Å². The Morgan fingerprint density at radius 1 is 0.952 bits per heavy atom. The van der Waals surface area contributed by atoms with E-state index in [1.807, 2.05) is 19.1 Å². The molecule has 1 saturated carbocycles. The molecule has 0 bridgehead atoms. The highest BCUT2D eigenvalue weighted by atomic mass is 127. The molecule has 224 valence electrons. The highest BCUT2D eigenvalue weighted by Gasteiger charge is 2.34. The Balaban J connectivity index is 1.69. The van der Waals surface area contributed by atoms with E-state index in [-0.39, 0.29) is 23.4 Å². The predicted octanol–water partition coefficient (Wildman–Crippen LogP) is 5.75. The van der Waals surface area contributed by atoms with Crippen LogP contribution in [0.2, 0.25) is 0 Å². The third-order valence-electron chi connectivity index (χ3n) is 7.57. The summed E-state index contributed by atoms with van der Waals surface area (Å²) in [6.07, 6.45) is 5.53. The van der Waals surface area contributed by atoms with Crippen LogP contribution in [0, 0.1) is 3.57 Å². The number of hydrogen-bond acceptors (Lipinski definition) is 5. The van der Waals surface area contributed by atoms with Crippen LogP contribution in [0.25, 0.3) is 0 Å². The maximum absolute atomic E-state index is 14.2. The number of anilines is 1. The van der Waals surface area contributed by atoms with Gasteiger partial charge in [0.05, 0.1) is 17.7 Å². The number of methoxy groups -OCH3 is 1. The Bertz CT molecular complexity index is 1430. The third kappa shape index (κ3) is 8.03. The van der Waals surface area contributed by atoms with Gasteiger partial charge < -0.3 is 15.0 Å². The van der Waals surface area contributed by atoms with Crippen molar-refractivity contribution in [3.8, 4) is 5.75 Å². The maximum Gasteiger partial charge on any atom is 0.264 e. The van der Waals surface area contributed by atoms with Crippen LogP contribution in [0.15, 0.2) is 83.8 Å². The summed E-state index contributed by atoms with van der Waals surface area (Å²) in [5, 5.41) is 3.17. The normalized spacial score (nSPS) is 14.5. The minimum atomic E-state index is -4.09. The molecule has 42 heavy (non-hydrogen) atoms. The first-order valence-electron chi connectivity index (χ1n) is 14.3. The minimum Gasteiger partial charge on any atom is -0.497 e. The zero-order valence-electron chi connectivity index (χ0n) is 24.0. The molecule has 1 aliphatic rings. The molecule has 4 rings (SSSR count). The lowest BCUT2D eigenvalue weighted by molar-refractivity contribution is -0.140. The summed E-state index contributed by atoms with van der Waals surface area (Å²) in [6.45, 7) is 1.56. The van der Waals surface area contributed by atoms with Gasteiger partial charge in [0.2, 0.25) is 11.8 Å². The highest BCUT2D eigenvalue weighted by molar-refractivity contribution is 14.1. The second-order valence-corrected chi connectivity index (χ2v) is 13.5. The number of ether oxygens (including phenoxy) is 1. The van der Waals surface area contributed by atoms with Crippen LogP contribution in [-0.2, 0) is 26.2 Å². The van der Waals surface area contributed by atoms with Crippen molar-refractivity contribution in [3.63, 3.8) is 0 Å². The number of nitrogens with one attached hydrogen (secondary N) is 1. The van der Waals surface area contributed by atoms with Gasteiger partial charge in [-0.3, -0.25) is 13.9 Å². The van der Waals surface area contributed by atoms with Gasteiger partial charge in [0.25, 0.3) is 10.0 Å². The van der Waals surface area contributed by atoms with Gasteiger partial charge in [0.1, 0.15) is 18.3 Å². The highest BCUT2D eigenvalue weighted by Crippen LogP contribution is 2.26. The van der Waals surface area contributed by atoms with E-state index in [1.165, 1.54) is 17.0 Å². The van der Waals surface area contributed by atoms with Crippen molar-refractivity contribution in [1.82, 2.24) is 10.2 Å². The molecule has 0 radical (unpaired) electrons. The molecule has 0 aliphatic heterocycles. The number of halogens is 1. The lowest BCUT2D eigenvalue weighted by Crippen LogP contribution is -2.54. The summed E-state index contributed by atoms with van der Waals surface area (Å²) in [5.74, 6) is 0.00469. The number of rotatable bonds is 12. The number of benzene rings is 3. The van der Waals surface area contributed by atoms with Crippen molar-refractivity contribution in [2.45, 2.75) is 69.0 Å². The van der Waals surface area contributed by atoms with E-state index in [9.17, 15) is 18.0 Å². The van der Waals surface area contributed by atoms with E-state index < -0.39 is 28.5 Å². The average Bonchev–Trinajstić information content (AvgIpc) is 3.01. The molecule has 0 aromatic heterocycles. The molecule has 0 spiro atoms. The van der Waals surface area contributed by atoms with Gasteiger partial charge in [-0.05, 0) is 95.9 Å². The molecule has 1 N–H and O–H groups in total. The van der Waals surface area contributed by atoms with Crippen LogP contribution in [0.4, 0.5) is 5.69 Å². The molecule has 10 heteroatoms. The van der Waals surface area contributed by atoms with Crippen LogP contribution in [-0.4, -0.2) is 50.9 Å². The number of carbonyl (C=O) groups excluding carboxylic acids is 2. The van der Waals surface area contributed by atoms with E-state index in [2.05, 4.69) is 27.9 Å². The largest absolute Gasteiger partial charge is 0.497 e. The summed E-state index contributed by atoms with van der Waals surface area (Å²) in [5.41, 5.74) is 1.18. The second kappa shape index (κ2) is 14.9.